The van der Waals surface area contributed by atoms with Crippen LogP contribution in [0.4, 0.5) is 0 Å². The van der Waals surface area contributed by atoms with E-state index in [0.29, 0.717) is 10.4 Å². The van der Waals surface area contributed by atoms with Crippen LogP contribution in [0.2, 0.25) is 0 Å². The van der Waals surface area contributed by atoms with Crippen LogP contribution in [0.15, 0.2) is 78.2 Å². The zero-order chi connectivity index (χ0) is 19.8. The molecule has 0 fully saturated rings. The van der Waals surface area contributed by atoms with Crippen molar-refractivity contribution in [3.63, 3.8) is 0 Å². The first-order valence-corrected chi connectivity index (χ1v) is 9.55. The molecule has 7 heteroatoms. The van der Waals surface area contributed by atoms with E-state index in [0.717, 1.165) is 5.56 Å². The first kappa shape index (κ1) is 19.3. The van der Waals surface area contributed by atoms with E-state index in [1.165, 1.54) is 11.3 Å². The van der Waals surface area contributed by atoms with Crippen molar-refractivity contribution in [2.24, 2.45) is 0 Å². The lowest BCUT2D eigenvalue weighted by molar-refractivity contribution is -0.122. The Morgan fingerprint density at radius 2 is 1.46 bits per heavy atom. The van der Waals surface area contributed by atoms with Gasteiger partial charge in [-0.1, -0.05) is 54.6 Å². The largest absolute Gasteiger partial charge is 0.345 e. The van der Waals surface area contributed by atoms with E-state index in [1.807, 2.05) is 36.4 Å². The van der Waals surface area contributed by atoms with Gasteiger partial charge >= 0.3 is 0 Å². The first-order valence-electron chi connectivity index (χ1n) is 8.67. The molecule has 0 bridgehead atoms. The third-order valence-electron chi connectivity index (χ3n) is 3.99. The third-order valence-corrected chi connectivity index (χ3v) is 4.86. The van der Waals surface area contributed by atoms with Crippen LogP contribution in [0.3, 0.4) is 0 Å². The summed E-state index contributed by atoms with van der Waals surface area (Å²) in [6, 6.07) is 20.9. The fourth-order valence-electron chi connectivity index (χ4n) is 2.60. The van der Waals surface area contributed by atoms with Gasteiger partial charge in [0.05, 0.1) is 17.3 Å². The Kier molecular flexibility index (Phi) is 6.54. The van der Waals surface area contributed by atoms with Gasteiger partial charge in [-0.05, 0) is 29.1 Å². The molecule has 142 valence electrons. The molecule has 0 saturated carbocycles. The highest BCUT2D eigenvalue weighted by atomic mass is 32.1. The van der Waals surface area contributed by atoms with E-state index < -0.39 is 11.9 Å². The van der Waals surface area contributed by atoms with Crippen LogP contribution in [-0.4, -0.2) is 17.7 Å². The first-order chi connectivity index (χ1) is 13.6. The van der Waals surface area contributed by atoms with Crippen molar-refractivity contribution in [3.05, 3.63) is 94.2 Å². The minimum atomic E-state index is -0.535. The van der Waals surface area contributed by atoms with Crippen LogP contribution < -0.4 is 16.2 Å². The molecule has 0 radical (unpaired) electrons. The summed E-state index contributed by atoms with van der Waals surface area (Å²) in [6.45, 7) is 0. The number of carbonyl (C=O) groups excluding carboxylic acids is 3. The predicted octanol–water partition coefficient (Wildman–Crippen LogP) is 3.07. The summed E-state index contributed by atoms with van der Waals surface area (Å²) in [5.41, 5.74) is 6.09. The summed E-state index contributed by atoms with van der Waals surface area (Å²) >= 11 is 1.28. The fraction of sp³-hybridized carbons (Fsp3) is 0.0952. The molecule has 0 saturated heterocycles. The number of hydrogen-bond donors (Lipinski definition) is 3. The van der Waals surface area contributed by atoms with E-state index in [2.05, 4.69) is 16.2 Å². The Morgan fingerprint density at radius 3 is 2.11 bits per heavy atom. The predicted molar refractivity (Wildman–Crippen MR) is 108 cm³/mol. The van der Waals surface area contributed by atoms with Crippen molar-refractivity contribution in [3.8, 4) is 0 Å². The Hall–Kier alpha value is -3.45. The molecule has 3 N–H and O–H groups in total. The molecule has 1 aromatic heterocycles. The van der Waals surface area contributed by atoms with Crippen LogP contribution in [0.25, 0.3) is 0 Å². The molecule has 28 heavy (non-hydrogen) atoms. The number of rotatable bonds is 6. The topological polar surface area (TPSA) is 87.3 Å². The fourth-order valence-corrected chi connectivity index (χ4v) is 3.22. The summed E-state index contributed by atoms with van der Waals surface area (Å²) in [5.74, 6) is -1.06. The molecule has 6 nitrogen and oxygen atoms in total. The van der Waals surface area contributed by atoms with E-state index >= 15 is 0 Å². The maximum atomic E-state index is 12.5. The number of benzene rings is 2. The van der Waals surface area contributed by atoms with Gasteiger partial charge < -0.3 is 5.32 Å². The molecule has 1 heterocycles. The van der Waals surface area contributed by atoms with Gasteiger partial charge in [0.25, 0.3) is 11.8 Å². The minimum absolute atomic E-state index is 0.0205. The van der Waals surface area contributed by atoms with Gasteiger partial charge in [-0.25, -0.2) is 0 Å². The zero-order valence-electron chi connectivity index (χ0n) is 14.9. The van der Waals surface area contributed by atoms with Gasteiger partial charge in [-0.2, -0.15) is 0 Å². The van der Waals surface area contributed by atoms with E-state index in [-0.39, 0.29) is 18.2 Å². The van der Waals surface area contributed by atoms with Crippen molar-refractivity contribution in [2.45, 2.75) is 12.5 Å². The summed E-state index contributed by atoms with van der Waals surface area (Å²) in [5, 5.41) is 4.66. The van der Waals surface area contributed by atoms with E-state index in [9.17, 15) is 14.4 Å². The summed E-state index contributed by atoms with van der Waals surface area (Å²) in [4.78, 5) is 37.3. The second-order valence-electron chi connectivity index (χ2n) is 5.99. The van der Waals surface area contributed by atoms with Crippen molar-refractivity contribution in [1.82, 2.24) is 16.2 Å². The maximum absolute atomic E-state index is 12.5. The number of hydrazine groups is 1. The highest BCUT2D eigenvalue weighted by molar-refractivity contribution is 7.12. The molecule has 3 amide bonds. The second kappa shape index (κ2) is 9.48. The molecule has 0 aliphatic rings. The van der Waals surface area contributed by atoms with E-state index in [4.69, 9.17) is 0 Å². The molecule has 3 aromatic rings. The van der Waals surface area contributed by atoms with Gasteiger partial charge in [-0.15, -0.1) is 11.3 Å². The lowest BCUT2D eigenvalue weighted by Gasteiger charge is -2.19. The number of thiophene rings is 1. The molecule has 0 aliphatic carbocycles. The monoisotopic (exact) mass is 393 g/mol. The molecule has 2 aromatic carbocycles. The van der Waals surface area contributed by atoms with Crippen molar-refractivity contribution in [2.75, 3.05) is 0 Å². The Labute approximate surface area is 166 Å². The molecule has 0 spiro atoms. The van der Waals surface area contributed by atoms with Gasteiger partial charge in [0.1, 0.15) is 0 Å². The summed E-state index contributed by atoms with van der Waals surface area (Å²) < 4.78 is 0. The highest BCUT2D eigenvalue weighted by Crippen LogP contribution is 2.17. The Balaban J connectivity index is 1.64. The smallest absolute Gasteiger partial charge is 0.279 e. The van der Waals surface area contributed by atoms with Crippen LogP contribution >= 0.6 is 11.3 Å². The number of amides is 3. The van der Waals surface area contributed by atoms with Crippen molar-refractivity contribution >= 4 is 29.1 Å². The summed E-state index contributed by atoms with van der Waals surface area (Å²) in [6.07, 6.45) is -0.0205. The molecule has 0 unspecified atom stereocenters. The third kappa shape index (κ3) is 5.28. The zero-order valence-corrected chi connectivity index (χ0v) is 15.7. The van der Waals surface area contributed by atoms with Crippen molar-refractivity contribution in [1.29, 1.82) is 0 Å². The normalized spacial score (nSPS) is 11.3. The van der Waals surface area contributed by atoms with Crippen LogP contribution in [0, 0.1) is 0 Å². The lowest BCUT2D eigenvalue weighted by Crippen LogP contribution is -2.43. The lowest BCUT2D eigenvalue weighted by atomic mass is 10.0. The van der Waals surface area contributed by atoms with Crippen molar-refractivity contribution < 1.29 is 14.4 Å². The van der Waals surface area contributed by atoms with Gasteiger partial charge in [0.15, 0.2) is 0 Å². The Bertz CT molecular complexity index is 928. The van der Waals surface area contributed by atoms with E-state index in [1.54, 1.807) is 41.8 Å². The highest BCUT2D eigenvalue weighted by Gasteiger charge is 2.19. The Morgan fingerprint density at radius 1 is 0.786 bits per heavy atom. The van der Waals surface area contributed by atoms with Crippen LogP contribution in [0.1, 0.15) is 38.1 Å². The number of carbonyl (C=O) groups is 3. The SMILES string of the molecule is O=C(C[C@H](NC(=O)c1ccccc1)c1ccccc1)NNC(=O)c1cccs1. The molecular formula is C21H19N3O3S. The maximum Gasteiger partial charge on any atom is 0.279 e. The van der Waals surface area contributed by atoms with Gasteiger partial charge in [0.2, 0.25) is 5.91 Å². The molecular weight excluding hydrogens is 374 g/mol. The molecule has 1 atom stereocenters. The quantitative estimate of drug-likeness (QED) is 0.563. The number of nitrogens with one attached hydrogen (secondary N) is 3. The van der Waals surface area contributed by atoms with Gasteiger partial charge in [0, 0.05) is 5.56 Å². The number of hydrogen-bond acceptors (Lipinski definition) is 4. The van der Waals surface area contributed by atoms with Crippen LogP contribution in [-0.2, 0) is 4.79 Å². The minimum Gasteiger partial charge on any atom is -0.345 e. The van der Waals surface area contributed by atoms with Crippen LogP contribution in [0.5, 0.6) is 0 Å². The summed E-state index contributed by atoms with van der Waals surface area (Å²) in [7, 11) is 0. The molecule has 3 rings (SSSR count). The molecule has 0 aliphatic heterocycles. The average molecular weight is 393 g/mol. The van der Waals surface area contributed by atoms with Gasteiger partial charge in [-0.3, -0.25) is 25.2 Å². The standard InChI is InChI=1S/C21H19N3O3S/c25-19(23-24-21(27)18-12-7-13-28-18)14-17(15-8-3-1-4-9-15)22-20(26)16-10-5-2-6-11-16/h1-13,17H,14H2,(H,22,26)(H,23,25)(H,24,27)/t17-/m0/s1. The average Bonchev–Trinajstić information content (AvgIpc) is 3.28. The second-order valence-corrected chi connectivity index (χ2v) is 6.93.